The summed E-state index contributed by atoms with van der Waals surface area (Å²) in [6, 6.07) is 7.37. The minimum Gasteiger partial charge on any atom is -0.495 e. The van der Waals surface area contributed by atoms with Crippen LogP contribution in [0.4, 0.5) is 20.2 Å². The Labute approximate surface area is 149 Å². The largest absolute Gasteiger partial charge is 0.495 e. The Balaban J connectivity index is 1.92. The number of ether oxygens (including phenoxy) is 1. The third-order valence-electron chi connectivity index (χ3n) is 4.00. The van der Waals surface area contributed by atoms with E-state index in [0.29, 0.717) is 24.4 Å². The molecule has 1 N–H and O–H groups in total. The lowest BCUT2D eigenvalue weighted by atomic mass is 10.2. The Morgan fingerprint density at radius 2 is 1.92 bits per heavy atom. The molecule has 0 unspecified atom stereocenters. The molecule has 1 heterocycles. The molecule has 2 aromatic rings. The second-order valence-corrected chi connectivity index (χ2v) is 7.72. The highest BCUT2D eigenvalue weighted by Crippen LogP contribution is 2.33. The number of halogens is 2. The van der Waals surface area contributed by atoms with Crippen molar-refractivity contribution in [2.24, 2.45) is 0 Å². The number of rotatable bonds is 4. The molecule has 26 heavy (non-hydrogen) atoms. The summed E-state index contributed by atoms with van der Waals surface area (Å²) in [6.07, 6.45) is 0.519. The van der Waals surface area contributed by atoms with E-state index < -0.39 is 27.6 Å². The van der Waals surface area contributed by atoms with Crippen molar-refractivity contribution in [1.29, 1.82) is 0 Å². The summed E-state index contributed by atoms with van der Waals surface area (Å²) in [5.41, 5.74) is 0.538. The summed E-state index contributed by atoms with van der Waals surface area (Å²) >= 11 is 0. The fourth-order valence-electron chi connectivity index (χ4n) is 2.71. The molecule has 1 saturated heterocycles. The van der Waals surface area contributed by atoms with Crippen molar-refractivity contribution >= 4 is 27.3 Å². The number of hydrogen-bond acceptors (Lipinski definition) is 4. The van der Waals surface area contributed by atoms with Gasteiger partial charge in [-0.05, 0) is 42.8 Å². The van der Waals surface area contributed by atoms with Crippen LogP contribution in [0, 0.1) is 11.6 Å². The van der Waals surface area contributed by atoms with Gasteiger partial charge in [0.2, 0.25) is 10.0 Å². The van der Waals surface area contributed by atoms with Crippen LogP contribution in [0.3, 0.4) is 0 Å². The number of methoxy groups -OCH3 is 1. The molecule has 0 aromatic heterocycles. The number of amides is 1. The smallest absolute Gasteiger partial charge is 0.255 e. The third-order valence-corrected chi connectivity index (χ3v) is 5.87. The highest BCUT2D eigenvalue weighted by atomic mass is 32.2. The molecule has 0 spiro atoms. The molecule has 0 bridgehead atoms. The van der Waals surface area contributed by atoms with Gasteiger partial charge in [0.05, 0.1) is 24.2 Å². The number of carbonyl (C=O) groups is 1. The first-order chi connectivity index (χ1) is 12.3. The van der Waals surface area contributed by atoms with Gasteiger partial charge in [0.25, 0.3) is 5.91 Å². The SMILES string of the molecule is COc1ccc(N2CCCS2(=O)=O)cc1NC(=O)c1ccc(F)c(F)c1. The molecule has 1 aliphatic heterocycles. The van der Waals surface area contributed by atoms with Gasteiger partial charge in [0.15, 0.2) is 11.6 Å². The number of nitrogens with zero attached hydrogens (tertiary/aromatic N) is 1. The maximum absolute atomic E-state index is 13.3. The molecule has 1 aliphatic rings. The lowest BCUT2D eigenvalue weighted by Crippen LogP contribution is -2.25. The quantitative estimate of drug-likeness (QED) is 0.882. The van der Waals surface area contributed by atoms with Crippen LogP contribution in [0.5, 0.6) is 5.75 Å². The van der Waals surface area contributed by atoms with Crippen LogP contribution < -0.4 is 14.4 Å². The maximum atomic E-state index is 13.3. The average Bonchev–Trinajstić information content (AvgIpc) is 2.96. The van der Waals surface area contributed by atoms with Crippen LogP contribution in [-0.4, -0.2) is 33.7 Å². The van der Waals surface area contributed by atoms with Crippen LogP contribution in [0.2, 0.25) is 0 Å². The molecular formula is C17H16F2N2O4S. The molecular weight excluding hydrogens is 366 g/mol. The first-order valence-corrected chi connectivity index (χ1v) is 9.37. The van der Waals surface area contributed by atoms with E-state index in [1.807, 2.05) is 0 Å². The van der Waals surface area contributed by atoms with Gasteiger partial charge in [-0.3, -0.25) is 9.10 Å². The fourth-order valence-corrected chi connectivity index (χ4v) is 4.27. The van der Waals surface area contributed by atoms with E-state index in [9.17, 15) is 22.0 Å². The van der Waals surface area contributed by atoms with Gasteiger partial charge in [-0.25, -0.2) is 17.2 Å². The molecule has 0 atom stereocenters. The molecule has 9 heteroatoms. The van der Waals surface area contributed by atoms with E-state index in [1.165, 1.54) is 23.5 Å². The Bertz CT molecular complexity index is 963. The van der Waals surface area contributed by atoms with E-state index in [2.05, 4.69) is 5.32 Å². The Hall–Kier alpha value is -2.68. The predicted molar refractivity (Wildman–Crippen MR) is 93.1 cm³/mol. The number of benzene rings is 2. The zero-order valence-corrected chi connectivity index (χ0v) is 14.6. The number of anilines is 2. The Kier molecular flexibility index (Phi) is 4.82. The van der Waals surface area contributed by atoms with Gasteiger partial charge in [0.1, 0.15) is 5.75 Å². The number of hydrogen-bond donors (Lipinski definition) is 1. The highest BCUT2D eigenvalue weighted by Gasteiger charge is 2.29. The van der Waals surface area contributed by atoms with E-state index in [0.717, 1.165) is 18.2 Å². The Morgan fingerprint density at radius 3 is 2.54 bits per heavy atom. The van der Waals surface area contributed by atoms with Crippen LogP contribution in [0.15, 0.2) is 36.4 Å². The topological polar surface area (TPSA) is 75.7 Å². The summed E-state index contributed by atoms with van der Waals surface area (Å²) < 4.78 is 56.9. The third kappa shape index (κ3) is 3.48. The second-order valence-electron chi connectivity index (χ2n) is 5.71. The minimum absolute atomic E-state index is 0.0651. The van der Waals surface area contributed by atoms with E-state index in [-0.39, 0.29) is 17.0 Å². The van der Waals surface area contributed by atoms with Crippen LogP contribution in [0.1, 0.15) is 16.8 Å². The summed E-state index contributed by atoms with van der Waals surface area (Å²) in [7, 11) is -1.98. The zero-order chi connectivity index (χ0) is 18.9. The fraction of sp³-hybridized carbons (Fsp3) is 0.235. The van der Waals surface area contributed by atoms with Crippen molar-refractivity contribution < 1.29 is 26.7 Å². The van der Waals surface area contributed by atoms with Crippen LogP contribution in [0.25, 0.3) is 0 Å². The van der Waals surface area contributed by atoms with E-state index in [1.54, 1.807) is 6.07 Å². The van der Waals surface area contributed by atoms with Crippen molar-refractivity contribution in [1.82, 2.24) is 0 Å². The summed E-state index contributed by atoms with van der Waals surface area (Å²) in [5.74, 6) is -2.50. The van der Waals surface area contributed by atoms with Gasteiger partial charge < -0.3 is 10.1 Å². The van der Waals surface area contributed by atoms with Crippen molar-refractivity contribution in [3.05, 3.63) is 53.6 Å². The maximum Gasteiger partial charge on any atom is 0.255 e. The van der Waals surface area contributed by atoms with Crippen molar-refractivity contribution in [2.75, 3.05) is 29.0 Å². The molecule has 3 rings (SSSR count). The summed E-state index contributed by atoms with van der Waals surface area (Å²) in [5, 5.41) is 2.54. The zero-order valence-electron chi connectivity index (χ0n) is 13.8. The molecule has 0 saturated carbocycles. The molecule has 2 aromatic carbocycles. The normalized spacial score (nSPS) is 15.7. The minimum atomic E-state index is -3.38. The predicted octanol–water partition coefficient (Wildman–Crippen LogP) is 2.77. The molecule has 1 amide bonds. The molecule has 1 fully saturated rings. The average molecular weight is 382 g/mol. The lowest BCUT2D eigenvalue weighted by molar-refractivity contribution is 0.102. The second kappa shape index (κ2) is 6.91. The van der Waals surface area contributed by atoms with Gasteiger partial charge in [0, 0.05) is 12.1 Å². The number of carbonyl (C=O) groups excluding carboxylic acids is 1. The monoisotopic (exact) mass is 382 g/mol. The van der Waals surface area contributed by atoms with Gasteiger partial charge >= 0.3 is 0 Å². The Morgan fingerprint density at radius 1 is 1.15 bits per heavy atom. The lowest BCUT2D eigenvalue weighted by Gasteiger charge is -2.19. The molecule has 138 valence electrons. The van der Waals surface area contributed by atoms with Crippen molar-refractivity contribution in [2.45, 2.75) is 6.42 Å². The molecule has 0 aliphatic carbocycles. The van der Waals surface area contributed by atoms with E-state index in [4.69, 9.17) is 4.74 Å². The standard InChI is InChI=1S/C17H16F2N2O4S/c1-25-16-6-4-12(21-7-2-8-26(21,23)24)10-15(16)20-17(22)11-3-5-13(18)14(19)9-11/h3-6,9-10H,2,7-8H2,1H3,(H,20,22). The first kappa shape index (κ1) is 18.1. The van der Waals surface area contributed by atoms with Gasteiger partial charge in [-0.1, -0.05) is 0 Å². The van der Waals surface area contributed by atoms with E-state index >= 15 is 0 Å². The summed E-state index contributed by atoms with van der Waals surface area (Å²) in [4.78, 5) is 12.3. The van der Waals surface area contributed by atoms with Gasteiger partial charge in [-0.15, -0.1) is 0 Å². The number of sulfonamides is 1. The van der Waals surface area contributed by atoms with Crippen LogP contribution in [-0.2, 0) is 10.0 Å². The molecule has 0 radical (unpaired) electrons. The number of nitrogens with one attached hydrogen (secondary N) is 1. The first-order valence-electron chi connectivity index (χ1n) is 7.76. The van der Waals surface area contributed by atoms with Gasteiger partial charge in [-0.2, -0.15) is 0 Å². The highest BCUT2D eigenvalue weighted by molar-refractivity contribution is 7.93. The van der Waals surface area contributed by atoms with Crippen molar-refractivity contribution in [3.63, 3.8) is 0 Å². The molecule has 6 nitrogen and oxygen atoms in total. The summed E-state index contributed by atoms with van der Waals surface area (Å²) in [6.45, 7) is 0.352. The van der Waals surface area contributed by atoms with Crippen LogP contribution >= 0.6 is 0 Å². The van der Waals surface area contributed by atoms with Crippen molar-refractivity contribution in [3.8, 4) is 5.75 Å².